The van der Waals surface area contributed by atoms with Crippen LogP contribution in [0.5, 0.6) is 0 Å². The molecule has 0 aromatic heterocycles. The summed E-state index contributed by atoms with van der Waals surface area (Å²) in [6.45, 7) is 1.47. The zero-order chi connectivity index (χ0) is 13.7. The lowest BCUT2D eigenvalue weighted by Crippen LogP contribution is -2.46. The first-order valence-corrected chi connectivity index (χ1v) is 7.64. The minimum Gasteiger partial charge on any atom is -0.461 e. The van der Waals surface area contributed by atoms with E-state index in [1.807, 2.05) is 0 Å². The highest BCUT2D eigenvalue weighted by atomic mass is 16.5. The molecule has 2 rings (SSSR count). The number of hydrogen-bond acceptors (Lipinski definition) is 3. The average molecular weight is 267 g/mol. The van der Waals surface area contributed by atoms with Crippen LogP contribution in [0.15, 0.2) is 0 Å². The maximum absolute atomic E-state index is 12.3. The molecule has 2 aliphatic carbocycles. The van der Waals surface area contributed by atoms with Crippen molar-refractivity contribution >= 4 is 11.9 Å². The van der Waals surface area contributed by atoms with Gasteiger partial charge in [-0.25, -0.2) is 4.79 Å². The van der Waals surface area contributed by atoms with Crippen molar-refractivity contribution in [1.29, 1.82) is 0 Å². The smallest absolute Gasteiger partial charge is 0.329 e. The first-order valence-electron chi connectivity index (χ1n) is 7.64. The third-order valence-electron chi connectivity index (χ3n) is 4.32. The lowest BCUT2D eigenvalue weighted by atomic mass is 9.96. The lowest BCUT2D eigenvalue weighted by Gasteiger charge is -2.27. The molecule has 0 spiro atoms. The predicted molar refractivity (Wildman–Crippen MR) is 72.5 cm³/mol. The Kier molecular flexibility index (Phi) is 5.23. The molecule has 4 nitrogen and oxygen atoms in total. The molecule has 2 saturated carbocycles. The second-order valence-corrected chi connectivity index (χ2v) is 5.92. The third-order valence-corrected chi connectivity index (χ3v) is 4.32. The first kappa shape index (κ1) is 14.4. The molecule has 0 bridgehead atoms. The van der Waals surface area contributed by atoms with Crippen LogP contribution in [0.4, 0.5) is 0 Å². The van der Waals surface area contributed by atoms with Gasteiger partial charge >= 0.3 is 5.97 Å². The molecule has 0 aliphatic heterocycles. The van der Waals surface area contributed by atoms with Crippen molar-refractivity contribution in [2.24, 2.45) is 5.92 Å². The predicted octanol–water partition coefficient (Wildman–Crippen LogP) is 2.56. The molecule has 1 N–H and O–H groups in total. The lowest BCUT2D eigenvalue weighted by molar-refractivity contribution is -0.156. The van der Waals surface area contributed by atoms with Crippen LogP contribution in [0, 0.1) is 5.92 Å². The summed E-state index contributed by atoms with van der Waals surface area (Å²) in [5.41, 5.74) is 0. The van der Waals surface area contributed by atoms with Crippen LogP contribution >= 0.6 is 0 Å². The number of esters is 1. The zero-order valence-electron chi connectivity index (χ0n) is 11.8. The Morgan fingerprint density at radius 1 is 1.00 bits per heavy atom. The molecule has 0 radical (unpaired) electrons. The van der Waals surface area contributed by atoms with Crippen LogP contribution in [0.1, 0.15) is 64.7 Å². The van der Waals surface area contributed by atoms with E-state index in [0.29, 0.717) is 0 Å². The molecule has 1 amide bonds. The normalized spacial score (nSPS) is 23.0. The monoisotopic (exact) mass is 267 g/mol. The Labute approximate surface area is 115 Å². The average Bonchev–Trinajstić information content (AvgIpc) is 2.90. The molecule has 0 aromatic rings. The number of hydrogen-bond donors (Lipinski definition) is 1. The van der Waals surface area contributed by atoms with Crippen LogP contribution in [-0.4, -0.2) is 24.0 Å². The van der Waals surface area contributed by atoms with Crippen molar-refractivity contribution < 1.29 is 14.3 Å². The summed E-state index contributed by atoms with van der Waals surface area (Å²) in [5.74, 6) is -0.0912. The van der Waals surface area contributed by atoms with Gasteiger partial charge in [-0.3, -0.25) is 4.79 Å². The Bertz CT molecular complexity index is 317. The number of amides is 1. The van der Waals surface area contributed by atoms with Gasteiger partial charge < -0.3 is 10.1 Å². The standard InChI is InChI=1S/C15H25NO3/c1-11(17)16-14(12-7-5-6-8-12)15(18)19-13-9-3-2-4-10-13/h12-14H,2-10H2,1H3,(H,16,17). The van der Waals surface area contributed by atoms with Crippen molar-refractivity contribution in [2.75, 3.05) is 0 Å². The Morgan fingerprint density at radius 2 is 1.58 bits per heavy atom. The van der Waals surface area contributed by atoms with Gasteiger partial charge in [0, 0.05) is 6.92 Å². The van der Waals surface area contributed by atoms with Gasteiger partial charge in [-0.05, 0) is 44.4 Å². The van der Waals surface area contributed by atoms with Crippen molar-refractivity contribution in [3.63, 3.8) is 0 Å². The van der Waals surface area contributed by atoms with Gasteiger partial charge in [-0.1, -0.05) is 19.3 Å². The highest BCUT2D eigenvalue weighted by molar-refractivity contribution is 5.83. The van der Waals surface area contributed by atoms with Gasteiger partial charge in [0.25, 0.3) is 0 Å². The van der Waals surface area contributed by atoms with Gasteiger partial charge in [0.05, 0.1) is 0 Å². The van der Waals surface area contributed by atoms with E-state index in [2.05, 4.69) is 5.32 Å². The van der Waals surface area contributed by atoms with E-state index in [1.165, 1.54) is 13.3 Å². The van der Waals surface area contributed by atoms with Crippen LogP contribution in [0.2, 0.25) is 0 Å². The van der Waals surface area contributed by atoms with Crippen LogP contribution < -0.4 is 5.32 Å². The molecule has 2 aliphatic rings. The minimum absolute atomic E-state index is 0.0684. The number of rotatable bonds is 4. The molecule has 4 heteroatoms. The summed E-state index contributed by atoms with van der Waals surface area (Å²) >= 11 is 0. The van der Waals surface area contributed by atoms with Crippen LogP contribution in [0.25, 0.3) is 0 Å². The van der Waals surface area contributed by atoms with Gasteiger partial charge in [0.2, 0.25) is 5.91 Å². The Hall–Kier alpha value is -1.06. The molecule has 0 heterocycles. The molecule has 19 heavy (non-hydrogen) atoms. The van der Waals surface area contributed by atoms with Gasteiger partial charge in [0.1, 0.15) is 12.1 Å². The maximum atomic E-state index is 12.3. The van der Waals surface area contributed by atoms with E-state index in [9.17, 15) is 9.59 Å². The van der Waals surface area contributed by atoms with Crippen molar-refractivity contribution in [3.8, 4) is 0 Å². The zero-order valence-corrected chi connectivity index (χ0v) is 11.8. The molecule has 2 fully saturated rings. The highest BCUT2D eigenvalue weighted by Crippen LogP contribution is 2.29. The summed E-state index contributed by atoms with van der Waals surface area (Å²) in [7, 11) is 0. The fourth-order valence-electron chi connectivity index (χ4n) is 3.30. The number of nitrogens with one attached hydrogen (secondary N) is 1. The third kappa shape index (κ3) is 4.22. The summed E-state index contributed by atoms with van der Waals surface area (Å²) < 4.78 is 5.61. The maximum Gasteiger partial charge on any atom is 0.329 e. The Balaban J connectivity index is 1.91. The molecule has 1 unspecified atom stereocenters. The van der Waals surface area contributed by atoms with Gasteiger partial charge in [-0.2, -0.15) is 0 Å². The highest BCUT2D eigenvalue weighted by Gasteiger charge is 2.33. The van der Waals surface area contributed by atoms with Crippen molar-refractivity contribution in [1.82, 2.24) is 5.32 Å². The summed E-state index contributed by atoms with van der Waals surface area (Å²) in [5, 5.41) is 2.80. The van der Waals surface area contributed by atoms with E-state index in [0.717, 1.165) is 51.4 Å². The Morgan fingerprint density at radius 3 is 2.16 bits per heavy atom. The van der Waals surface area contributed by atoms with E-state index < -0.39 is 6.04 Å². The van der Waals surface area contributed by atoms with Gasteiger partial charge in [-0.15, -0.1) is 0 Å². The quantitative estimate of drug-likeness (QED) is 0.796. The van der Waals surface area contributed by atoms with Gasteiger partial charge in [0.15, 0.2) is 0 Å². The summed E-state index contributed by atoms with van der Waals surface area (Å²) in [6.07, 6.45) is 9.89. The van der Waals surface area contributed by atoms with E-state index in [-0.39, 0.29) is 23.9 Å². The first-order chi connectivity index (χ1) is 9.16. The molecule has 0 aromatic carbocycles. The van der Waals surface area contributed by atoms with Crippen LogP contribution in [0.3, 0.4) is 0 Å². The minimum atomic E-state index is -0.429. The molecular formula is C15H25NO3. The summed E-state index contributed by atoms with van der Waals surface area (Å²) in [4.78, 5) is 23.6. The molecule has 0 saturated heterocycles. The van der Waals surface area contributed by atoms with E-state index >= 15 is 0 Å². The fourth-order valence-corrected chi connectivity index (χ4v) is 3.30. The van der Waals surface area contributed by atoms with E-state index in [1.54, 1.807) is 0 Å². The number of carbonyl (C=O) groups excluding carboxylic acids is 2. The molecular weight excluding hydrogens is 242 g/mol. The largest absolute Gasteiger partial charge is 0.461 e. The molecule has 108 valence electrons. The topological polar surface area (TPSA) is 55.4 Å². The number of carbonyl (C=O) groups is 2. The van der Waals surface area contributed by atoms with Crippen LogP contribution in [-0.2, 0) is 14.3 Å². The second kappa shape index (κ2) is 6.92. The SMILES string of the molecule is CC(=O)NC(C(=O)OC1CCCCC1)C1CCCC1. The molecule has 1 atom stereocenters. The second-order valence-electron chi connectivity index (χ2n) is 5.92. The number of ether oxygens (including phenoxy) is 1. The summed E-state index contributed by atoms with van der Waals surface area (Å²) in [6, 6.07) is -0.429. The van der Waals surface area contributed by atoms with Crippen molar-refractivity contribution in [2.45, 2.75) is 76.9 Å². The van der Waals surface area contributed by atoms with Crippen molar-refractivity contribution in [3.05, 3.63) is 0 Å². The fraction of sp³-hybridized carbons (Fsp3) is 0.867. The van der Waals surface area contributed by atoms with E-state index in [4.69, 9.17) is 4.74 Å².